The number of carbonyl (C=O) groups excluding carboxylic acids is 2. The topological polar surface area (TPSA) is 67.9 Å². The van der Waals surface area contributed by atoms with E-state index in [1.54, 1.807) is 18.2 Å². The summed E-state index contributed by atoms with van der Waals surface area (Å²) in [5.41, 5.74) is 0.668. The molecule has 0 atom stereocenters. The summed E-state index contributed by atoms with van der Waals surface area (Å²) in [6.07, 6.45) is 0.833. The minimum Gasteiger partial charge on any atom is -0.493 e. The predicted octanol–water partition coefficient (Wildman–Crippen LogP) is 4.10. The van der Waals surface area contributed by atoms with Crippen molar-refractivity contribution in [3.05, 3.63) is 52.3 Å². The van der Waals surface area contributed by atoms with Gasteiger partial charge in [-0.05, 0) is 52.7 Å². The maximum Gasteiger partial charge on any atom is 0.254 e. The molecule has 0 aliphatic rings. The van der Waals surface area contributed by atoms with Crippen LogP contribution in [0.25, 0.3) is 0 Å². The van der Waals surface area contributed by atoms with Gasteiger partial charge in [0.15, 0.2) is 11.5 Å². The van der Waals surface area contributed by atoms with Crippen LogP contribution >= 0.6 is 15.9 Å². The van der Waals surface area contributed by atoms with Crippen LogP contribution < -0.4 is 14.8 Å². The number of amides is 2. The van der Waals surface area contributed by atoms with E-state index in [9.17, 15) is 14.0 Å². The second-order valence-electron chi connectivity index (χ2n) is 6.06. The fourth-order valence-corrected chi connectivity index (χ4v) is 3.02. The second-order valence-corrected chi connectivity index (χ2v) is 6.91. The molecule has 150 valence electrons. The summed E-state index contributed by atoms with van der Waals surface area (Å²) in [5, 5.41) is 2.56. The molecule has 0 aliphatic carbocycles. The van der Waals surface area contributed by atoms with Crippen LogP contribution in [0.3, 0.4) is 0 Å². The van der Waals surface area contributed by atoms with Crippen LogP contribution in [0.5, 0.6) is 11.5 Å². The zero-order valence-corrected chi connectivity index (χ0v) is 17.5. The first-order valence-corrected chi connectivity index (χ1v) is 9.46. The van der Waals surface area contributed by atoms with Gasteiger partial charge in [-0.15, -0.1) is 0 Å². The highest BCUT2D eigenvalue weighted by molar-refractivity contribution is 9.10. The number of likely N-dealkylation sites (N-methyl/N-ethyl adjacent to an activating group) is 1. The molecule has 28 heavy (non-hydrogen) atoms. The largest absolute Gasteiger partial charge is 0.493 e. The fourth-order valence-electron chi connectivity index (χ4n) is 2.46. The molecule has 2 rings (SSSR count). The molecule has 6 nitrogen and oxygen atoms in total. The van der Waals surface area contributed by atoms with Gasteiger partial charge in [-0.25, -0.2) is 4.39 Å². The van der Waals surface area contributed by atoms with Crippen LogP contribution in [0.1, 0.15) is 23.7 Å². The Morgan fingerprint density at radius 1 is 1.25 bits per heavy atom. The Labute approximate surface area is 171 Å². The van der Waals surface area contributed by atoms with Crippen LogP contribution in [-0.2, 0) is 4.79 Å². The summed E-state index contributed by atoms with van der Waals surface area (Å²) in [4.78, 5) is 26.1. The van der Waals surface area contributed by atoms with Crippen LogP contribution in [-0.4, -0.2) is 44.0 Å². The third-order valence-electron chi connectivity index (χ3n) is 3.76. The lowest BCUT2D eigenvalue weighted by Crippen LogP contribution is -2.35. The van der Waals surface area contributed by atoms with E-state index in [0.717, 1.165) is 6.42 Å². The number of benzene rings is 2. The highest BCUT2D eigenvalue weighted by Gasteiger charge is 2.20. The van der Waals surface area contributed by atoms with E-state index in [0.29, 0.717) is 33.8 Å². The summed E-state index contributed by atoms with van der Waals surface area (Å²) in [6.45, 7) is 2.31. The third kappa shape index (κ3) is 5.69. The lowest BCUT2D eigenvalue weighted by molar-refractivity contribution is -0.116. The molecule has 0 fully saturated rings. The van der Waals surface area contributed by atoms with Crippen molar-refractivity contribution in [3.63, 3.8) is 0 Å². The van der Waals surface area contributed by atoms with Gasteiger partial charge in [0.25, 0.3) is 5.91 Å². The molecular weight excluding hydrogens is 431 g/mol. The summed E-state index contributed by atoms with van der Waals surface area (Å²) in [5.74, 6) is -0.313. The molecule has 0 aliphatic heterocycles. The van der Waals surface area contributed by atoms with Crippen molar-refractivity contribution in [2.75, 3.05) is 32.6 Å². The summed E-state index contributed by atoms with van der Waals surface area (Å²) < 4.78 is 24.8. The van der Waals surface area contributed by atoms with E-state index in [1.807, 2.05) is 6.92 Å². The van der Waals surface area contributed by atoms with Crippen molar-refractivity contribution in [3.8, 4) is 11.5 Å². The van der Waals surface area contributed by atoms with E-state index >= 15 is 0 Å². The van der Waals surface area contributed by atoms with Crippen molar-refractivity contribution in [2.45, 2.75) is 13.3 Å². The molecule has 1 N–H and O–H groups in total. The van der Waals surface area contributed by atoms with Gasteiger partial charge in [0.2, 0.25) is 5.91 Å². The zero-order valence-electron chi connectivity index (χ0n) is 15.9. The van der Waals surface area contributed by atoms with Gasteiger partial charge < -0.3 is 19.7 Å². The maximum absolute atomic E-state index is 13.2. The molecular formula is C20H22BrFN2O4. The van der Waals surface area contributed by atoms with Crippen molar-refractivity contribution < 1.29 is 23.5 Å². The monoisotopic (exact) mass is 452 g/mol. The van der Waals surface area contributed by atoms with E-state index in [2.05, 4.69) is 21.2 Å². The Hall–Kier alpha value is -2.61. The number of carbonyl (C=O) groups is 2. The molecule has 2 aromatic rings. The van der Waals surface area contributed by atoms with E-state index in [1.165, 1.54) is 37.3 Å². The van der Waals surface area contributed by atoms with Gasteiger partial charge in [0.1, 0.15) is 5.82 Å². The molecule has 0 unspecified atom stereocenters. The molecule has 0 aromatic heterocycles. The normalized spacial score (nSPS) is 10.3. The number of nitrogens with zero attached hydrogens (tertiary/aromatic N) is 1. The number of rotatable bonds is 8. The first kappa shape index (κ1) is 21.7. The minimum atomic E-state index is -0.454. The Morgan fingerprint density at radius 2 is 2.00 bits per heavy atom. The standard InChI is InChI=1S/C20H22BrFN2O4/c1-4-8-28-19-16(21)9-13(10-17(19)27-3)20(26)24(2)12-18(25)23-15-7-5-6-14(22)11-15/h5-7,9-11H,4,8,12H2,1-3H3,(H,23,25). The molecule has 8 heteroatoms. The van der Waals surface area contributed by atoms with Crippen molar-refractivity contribution in [1.82, 2.24) is 4.90 Å². The number of halogens is 2. The molecule has 0 spiro atoms. The SMILES string of the molecule is CCCOc1c(Br)cc(C(=O)N(C)CC(=O)Nc2cccc(F)c2)cc1OC. The lowest BCUT2D eigenvalue weighted by atomic mass is 10.1. The Bertz CT molecular complexity index is 860. The van der Waals surface area contributed by atoms with Gasteiger partial charge in [-0.1, -0.05) is 13.0 Å². The van der Waals surface area contributed by atoms with Gasteiger partial charge >= 0.3 is 0 Å². The Kier molecular flexibility index (Phi) is 7.80. The first-order valence-electron chi connectivity index (χ1n) is 8.67. The van der Waals surface area contributed by atoms with Crippen LogP contribution in [0, 0.1) is 5.82 Å². The fraction of sp³-hybridized carbons (Fsp3) is 0.300. The number of anilines is 1. The Balaban J connectivity index is 2.09. The van der Waals surface area contributed by atoms with Gasteiger partial charge in [0, 0.05) is 18.3 Å². The van der Waals surface area contributed by atoms with Gasteiger partial charge in [-0.3, -0.25) is 9.59 Å². The Morgan fingerprint density at radius 3 is 2.64 bits per heavy atom. The zero-order chi connectivity index (χ0) is 20.7. The van der Waals surface area contributed by atoms with E-state index in [4.69, 9.17) is 9.47 Å². The molecule has 0 saturated carbocycles. The summed E-state index contributed by atoms with van der Waals surface area (Å²) in [6, 6.07) is 8.74. The maximum atomic E-state index is 13.2. The highest BCUT2D eigenvalue weighted by atomic mass is 79.9. The molecule has 0 bridgehead atoms. The molecule has 2 amide bonds. The number of nitrogens with one attached hydrogen (secondary N) is 1. The van der Waals surface area contributed by atoms with Crippen molar-refractivity contribution in [1.29, 1.82) is 0 Å². The average molecular weight is 453 g/mol. The van der Waals surface area contributed by atoms with Gasteiger partial charge in [-0.2, -0.15) is 0 Å². The van der Waals surface area contributed by atoms with Gasteiger partial charge in [0.05, 0.1) is 24.7 Å². The molecule has 0 saturated heterocycles. The van der Waals surface area contributed by atoms with Crippen molar-refractivity contribution in [2.24, 2.45) is 0 Å². The average Bonchev–Trinajstić information content (AvgIpc) is 2.65. The number of methoxy groups -OCH3 is 1. The van der Waals surface area contributed by atoms with Crippen LogP contribution in [0.15, 0.2) is 40.9 Å². The predicted molar refractivity (Wildman–Crippen MR) is 108 cm³/mol. The molecule has 0 radical (unpaired) electrons. The van der Waals surface area contributed by atoms with Crippen LogP contribution in [0.2, 0.25) is 0 Å². The van der Waals surface area contributed by atoms with E-state index < -0.39 is 11.7 Å². The van der Waals surface area contributed by atoms with E-state index in [-0.39, 0.29) is 12.5 Å². The summed E-state index contributed by atoms with van der Waals surface area (Å²) in [7, 11) is 3.00. The number of ether oxygens (including phenoxy) is 2. The molecule has 2 aromatic carbocycles. The van der Waals surface area contributed by atoms with Crippen molar-refractivity contribution >= 4 is 33.4 Å². The second kappa shape index (κ2) is 10.1. The first-order chi connectivity index (χ1) is 13.3. The van der Waals surface area contributed by atoms with Crippen LogP contribution in [0.4, 0.5) is 10.1 Å². The number of hydrogen-bond donors (Lipinski definition) is 1. The number of hydrogen-bond acceptors (Lipinski definition) is 4. The lowest BCUT2D eigenvalue weighted by Gasteiger charge is -2.19. The molecule has 0 heterocycles. The summed E-state index contributed by atoms with van der Waals surface area (Å²) >= 11 is 3.40. The quantitative estimate of drug-likeness (QED) is 0.654. The smallest absolute Gasteiger partial charge is 0.254 e. The third-order valence-corrected chi connectivity index (χ3v) is 4.35. The minimum absolute atomic E-state index is 0.191. The highest BCUT2D eigenvalue weighted by Crippen LogP contribution is 2.37.